The molecule has 1 aliphatic heterocycles. The van der Waals surface area contributed by atoms with Gasteiger partial charge < -0.3 is 5.32 Å². The lowest BCUT2D eigenvalue weighted by molar-refractivity contribution is 0.102. The minimum Gasteiger partial charge on any atom is -0.321 e. The third-order valence-corrected chi connectivity index (χ3v) is 6.50. The number of aromatic nitrogens is 3. The Balaban J connectivity index is 1.31. The van der Waals surface area contributed by atoms with Gasteiger partial charge in [-0.05, 0) is 68.0 Å². The molecule has 6 nitrogen and oxygen atoms in total. The lowest BCUT2D eigenvalue weighted by Gasteiger charge is -2.36. The summed E-state index contributed by atoms with van der Waals surface area (Å²) in [6, 6.07) is 16.8. The molecule has 2 aliphatic rings. The monoisotopic (exact) mass is 401 g/mol. The van der Waals surface area contributed by atoms with Gasteiger partial charge >= 0.3 is 0 Å². The van der Waals surface area contributed by atoms with E-state index in [0.717, 1.165) is 49.0 Å². The molecule has 1 aromatic heterocycles. The van der Waals surface area contributed by atoms with Crippen LogP contribution in [0.1, 0.15) is 46.6 Å². The number of benzene rings is 2. The smallest absolute Gasteiger partial charge is 0.278 e. The molecule has 0 atom stereocenters. The Kier molecular flexibility index (Phi) is 5.09. The minimum absolute atomic E-state index is 0.223. The largest absolute Gasteiger partial charge is 0.321 e. The number of fused-ring (bicyclic) bond motifs is 1. The Morgan fingerprint density at radius 3 is 2.53 bits per heavy atom. The molecule has 5 rings (SSSR count). The van der Waals surface area contributed by atoms with E-state index in [1.165, 1.54) is 30.4 Å². The fraction of sp³-hybridized carbons (Fsp3) is 0.375. The number of hydrogen-bond acceptors (Lipinski definition) is 4. The summed E-state index contributed by atoms with van der Waals surface area (Å²) in [5.74, 6) is -0.223. The number of carbonyl (C=O) groups is 1. The number of rotatable bonds is 4. The summed E-state index contributed by atoms with van der Waals surface area (Å²) in [6.45, 7) is 4.12. The molecular weight excluding hydrogens is 374 g/mol. The van der Waals surface area contributed by atoms with Crippen LogP contribution in [0.25, 0.3) is 5.69 Å². The van der Waals surface area contributed by atoms with Gasteiger partial charge in [-0.1, -0.05) is 35.9 Å². The van der Waals surface area contributed by atoms with Gasteiger partial charge in [0.2, 0.25) is 0 Å². The maximum atomic E-state index is 12.9. The molecule has 1 amide bonds. The van der Waals surface area contributed by atoms with E-state index in [9.17, 15) is 4.79 Å². The molecule has 2 aromatic carbocycles. The van der Waals surface area contributed by atoms with Crippen LogP contribution in [0.4, 0.5) is 5.69 Å². The van der Waals surface area contributed by atoms with Crippen molar-refractivity contribution in [3.05, 3.63) is 71.0 Å². The van der Waals surface area contributed by atoms with Crippen molar-refractivity contribution in [2.24, 2.45) is 0 Å². The van der Waals surface area contributed by atoms with Crippen molar-refractivity contribution in [2.45, 2.75) is 45.1 Å². The summed E-state index contributed by atoms with van der Waals surface area (Å²) in [5.41, 5.74) is 5.54. The second-order valence-corrected chi connectivity index (χ2v) is 8.33. The van der Waals surface area contributed by atoms with Crippen LogP contribution < -0.4 is 5.32 Å². The van der Waals surface area contributed by atoms with E-state index >= 15 is 0 Å². The van der Waals surface area contributed by atoms with E-state index < -0.39 is 0 Å². The average molecular weight is 402 g/mol. The van der Waals surface area contributed by atoms with Crippen LogP contribution >= 0.6 is 0 Å². The summed E-state index contributed by atoms with van der Waals surface area (Å²) in [6.07, 6.45) is 6.20. The van der Waals surface area contributed by atoms with Crippen molar-refractivity contribution in [3.63, 3.8) is 0 Å². The molecule has 2 heterocycles. The quantitative estimate of drug-likeness (QED) is 0.723. The van der Waals surface area contributed by atoms with E-state index in [1.807, 2.05) is 43.3 Å². The summed E-state index contributed by atoms with van der Waals surface area (Å²) in [4.78, 5) is 15.5. The molecule has 1 fully saturated rings. The van der Waals surface area contributed by atoms with Gasteiger partial charge in [0, 0.05) is 24.8 Å². The summed E-state index contributed by atoms with van der Waals surface area (Å²) >= 11 is 0. The fourth-order valence-electron chi connectivity index (χ4n) is 4.48. The predicted molar refractivity (Wildman–Crippen MR) is 117 cm³/mol. The third-order valence-electron chi connectivity index (χ3n) is 6.50. The number of carbonyl (C=O) groups excluding carboxylic acids is 1. The molecule has 30 heavy (non-hydrogen) atoms. The van der Waals surface area contributed by atoms with Gasteiger partial charge in [0.15, 0.2) is 5.69 Å². The highest BCUT2D eigenvalue weighted by Crippen LogP contribution is 2.28. The topological polar surface area (TPSA) is 63.1 Å². The lowest BCUT2D eigenvalue weighted by Crippen LogP contribution is -2.41. The maximum Gasteiger partial charge on any atom is 0.278 e. The van der Waals surface area contributed by atoms with Crippen LogP contribution in [0.3, 0.4) is 0 Å². The van der Waals surface area contributed by atoms with Crippen LogP contribution in [0.5, 0.6) is 0 Å². The molecule has 6 heteroatoms. The number of para-hydroxylation sites is 1. The van der Waals surface area contributed by atoms with Crippen molar-refractivity contribution in [1.82, 2.24) is 19.9 Å². The first kappa shape index (κ1) is 19.0. The Labute approximate surface area is 176 Å². The highest BCUT2D eigenvalue weighted by Gasteiger charge is 2.26. The zero-order chi connectivity index (χ0) is 20.5. The number of anilines is 1. The Morgan fingerprint density at radius 2 is 1.80 bits per heavy atom. The molecule has 0 saturated heterocycles. The molecule has 1 saturated carbocycles. The van der Waals surface area contributed by atoms with Crippen molar-refractivity contribution in [1.29, 1.82) is 0 Å². The normalized spacial score (nSPS) is 17.1. The maximum absolute atomic E-state index is 12.9. The molecule has 0 spiro atoms. The average Bonchev–Trinajstić information content (AvgIpc) is 2.99. The minimum atomic E-state index is -0.223. The second-order valence-electron chi connectivity index (χ2n) is 8.33. The molecule has 3 aromatic rings. The Bertz CT molecular complexity index is 1050. The zero-order valence-corrected chi connectivity index (χ0v) is 17.3. The van der Waals surface area contributed by atoms with Crippen molar-refractivity contribution < 1.29 is 4.79 Å². The molecular formula is C24H27N5O. The van der Waals surface area contributed by atoms with Crippen LogP contribution in [0.15, 0.2) is 48.5 Å². The predicted octanol–water partition coefficient (Wildman–Crippen LogP) is 3.78. The van der Waals surface area contributed by atoms with Crippen LogP contribution in [0.2, 0.25) is 0 Å². The van der Waals surface area contributed by atoms with Gasteiger partial charge in [-0.15, -0.1) is 5.10 Å². The molecule has 0 unspecified atom stereocenters. The first-order valence-electron chi connectivity index (χ1n) is 10.8. The van der Waals surface area contributed by atoms with Gasteiger partial charge in [-0.3, -0.25) is 9.69 Å². The highest BCUT2D eigenvalue weighted by molar-refractivity contribution is 6.03. The second kappa shape index (κ2) is 8.03. The first-order valence-corrected chi connectivity index (χ1v) is 10.8. The fourth-order valence-corrected chi connectivity index (χ4v) is 4.48. The number of nitrogens with one attached hydrogen (secondary N) is 1. The standard InChI is InChI=1S/C24H27N5O/c1-17-23(26-27-29(17)22-6-3-2-4-7-22)24(30)25-20-11-10-18-12-14-28(21-8-5-9-21)15-13-19(18)16-20/h2-4,6-7,10-11,16,21H,5,8-9,12-15H2,1H3,(H,25,30). The van der Waals surface area contributed by atoms with E-state index in [4.69, 9.17) is 0 Å². The van der Waals surface area contributed by atoms with Crippen LogP contribution in [0, 0.1) is 6.92 Å². The Morgan fingerprint density at radius 1 is 1.03 bits per heavy atom. The van der Waals surface area contributed by atoms with Crippen molar-refractivity contribution in [2.75, 3.05) is 18.4 Å². The molecule has 0 radical (unpaired) electrons. The van der Waals surface area contributed by atoms with Gasteiger partial charge in [-0.2, -0.15) is 0 Å². The molecule has 154 valence electrons. The zero-order valence-electron chi connectivity index (χ0n) is 17.3. The van der Waals surface area contributed by atoms with Gasteiger partial charge in [0.25, 0.3) is 5.91 Å². The molecule has 1 N–H and O–H groups in total. The number of amides is 1. The Hall–Kier alpha value is -2.99. The number of hydrogen-bond donors (Lipinski definition) is 1. The summed E-state index contributed by atoms with van der Waals surface area (Å²) in [7, 11) is 0. The molecule has 0 bridgehead atoms. The lowest BCUT2D eigenvalue weighted by atomic mass is 9.91. The van der Waals surface area contributed by atoms with Crippen LogP contribution in [-0.2, 0) is 12.8 Å². The van der Waals surface area contributed by atoms with E-state index in [1.54, 1.807) is 4.68 Å². The van der Waals surface area contributed by atoms with E-state index in [-0.39, 0.29) is 5.91 Å². The van der Waals surface area contributed by atoms with E-state index in [2.05, 4.69) is 32.7 Å². The van der Waals surface area contributed by atoms with E-state index in [0.29, 0.717) is 5.69 Å². The SMILES string of the molecule is Cc1c(C(=O)Nc2ccc3c(c2)CCN(C2CCC2)CC3)nnn1-c1ccccc1. The number of nitrogens with zero attached hydrogens (tertiary/aromatic N) is 4. The van der Waals surface area contributed by atoms with Crippen LogP contribution in [-0.4, -0.2) is 44.9 Å². The first-order chi connectivity index (χ1) is 14.7. The summed E-state index contributed by atoms with van der Waals surface area (Å²) in [5, 5.41) is 11.3. The summed E-state index contributed by atoms with van der Waals surface area (Å²) < 4.78 is 1.70. The molecule has 1 aliphatic carbocycles. The van der Waals surface area contributed by atoms with Gasteiger partial charge in [0.05, 0.1) is 11.4 Å². The third kappa shape index (κ3) is 3.63. The van der Waals surface area contributed by atoms with Crippen molar-refractivity contribution >= 4 is 11.6 Å². The van der Waals surface area contributed by atoms with Crippen molar-refractivity contribution in [3.8, 4) is 5.69 Å². The van der Waals surface area contributed by atoms with Gasteiger partial charge in [0.1, 0.15) is 0 Å². The highest BCUT2D eigenvalue weighted by atomic mass is 16.2. The van der Waals surface area contributed by atoms with Gasteiger partial charge in [-0.25, -0.2) is 4.68 Å².